The van der Waals surface area contributed by atoms with Crippen molar-refractivity contribution >= 4 is 81.3 Å². The third kappa shape index (κ3) is 13.4. The molecule has 17 heteroatoms. The number of nitrogens with one attached hydrogen (secondary N) is 4. The van der Waals surface area contributed by atoms with Gasteiger partial charge >= 0.3 is 18.1 Å². The Bertz CT molecular complexity index is 2240. The normalized spacial score (nSPS) is 13.6. The third-order valence-electron chi connectivity index (χ3n) is 9.49. The number of carbonyl (C=O) groups is 4. The van der Waals surface area contributed by atoms with E-state index < -0.39 is 48.3 Å². The molecule has 0 aromatic heterocycles. The second-order valence-electron chi connectivity index (χ2n) is 15.0. The average Bonchev–Trinajstić information content (AvgIpc) is 4.08. The van der Waals surface area contributed by atoms with Crippen LogP contribution in [0.5, 0.6) is 11.5 Å². The van der Waals surface area contributed by atoms with Crippen LogP contribution in [0.3, 0.4) is 0 Å². The van der Waals surface area contributed by atoms with Gasteiger partial charge in [-0.2, -0.15) is 13.2 Å². The molecule has 2 amide bonds. The number of carbonyl (C=O) groups excluding carboxylic acids is 4. The van der Waals surface area contributed by atoms with Gasteiger partial charge < -0.3 is 35.5 Å². The predicted octanol–water partition coefficient (Wildman–Crippen LogP) is 10.5. The van der Waals surface area contributed by atoms with Gasteiger partial charge in [0.15, 0.2) is 5.75 Å². The SMILES string of the molecule is Cc1cc(NC(=O)CC(=O)OC(=O)CC(=O)Nc2cc(Cl)c(OCc3cc(Cl)cc(NCC4CC4)c3)c(Cl)c2)cc(C)c1OCc1cc(NCC2CC2)cc(C(F)(F)F)c1. The topological polar surface area (TPSA) is 144 Å². The second kappa shape index (κ2) is 19.5. The number of benzene rings is 4. The molecule has 0 saturated heterocycles. The number of rotatable bonds is 18. The lowest BCUT2D eigenvalue weighted by Gasteiger charge is -2.17. The molecule has 318 valence electrons. The third-order valence-corrected chi connectivity index (χ3v) is 10.3. The predicted molar refractivity (Wildman–Crippen MR) is 224 cm³/mol. The second-order valence-corrected chi connectivity index (χ2v) is 16.2. The number of hydrogen-bond acceptors (Lipinski definition) is 9. The van der Waals surface area contributed by atoms with Gasteiger partial charge in [0.2, 0.25) is 11.8 Å². The van der Waals surface area contributed by atoms with Gasteiger partial charge in [0.05, 0.1) is 15.6 Å². The van der Waals surface area contributed by atoms with Crippen LogP contribution in [0.2, 0.25) is 15.1 Å². The quantitative estimate of drug-likeness (QED) is 0.0567. The molecule has 0 radical (unpaired) electrons. The molecule has 0 aliphatic heterocycles. The number of ether oxygens (including phenoxy) is 3. The maximum atomic E-state index is 13.6. The van der Waals surface area contributed by atoms with Crippen molar-refractivity contribution in [1.82, 2.24) is 0 Å². The van der Waals surface area contributed by atoms with Gasteiger partial charge in [0.1, 0.15) is 31.8 Å². The largest absolute Gasteiger partial charge is 0.488 e. The summed E-state index contributed by atoms with van der Waals surface area (Å²) in [5.41, 5.74) is 3.16. The van der Waals surface area contributed by atoms with Crippen molar-refractivity contribution in [1.29, 1.82) is 0 Å². The first-order valence-corrected chi connectivity index (χ1v) is 20.3. The van der Waals surface area contributed by atoms with Crippen LogP contribution >= 0.6 is 34.8 Å². The van der Waals surface area contributed by atoms with Crippen molar-refractivity contribution < 1.29 is 46.6 Å². The molecule has 4 N–H and O–H groups in total. The van der Waals surface area contributed by atoms with Crippen LogP contribution in [0, 0.1) is 25.7 Å². The van der Waals surface area contributed by atoms with Gasteiger partial charge in [-0.05, 0) is 134 Å². The molecule has 4 aromatic rings. The zero-order valence-electron chi connectivity index (χ0n) is 32.6. The molecule has 2 aliphatic carbocycles. The first kappa shape index (κ1) is 44.4. The minimum absolute atomic E-state index is 0.0869. The zero-order chi connectivity index (χ0) is 43.1. The van der Waals surface area contributed by atoms with E-state index in [1.165, 1.54) is 25.0 Å². The molecule has 2 fully saturated rings. The summed E-state index contributed by atoms with van der Waals surface area (Å²) in [6.07, 6.45) is -1.70. The van der Waals surface area contributed by atoms with E-state index in [-0.39, 0.29) is 34.7 Å². The minimum atomic E-state index is -4.53. The van der Waals surface area contributed by atoms with E-state index in [0.717, 1.165) is 42.8 Å². The molecule has 60 heavy (non-hydrogen) atoms. The van der Waals surface area contributed by atoms with Crippen LogP contribution in [-0.2, 0) is 43.3 Å². The lowest BCUT2D eigenvalue weighted by molar-refractivity contribution is -0.160. The lowest BCUT2D eigenvalue weighted by Crippen LogP contribution is -2.23. The fraction of sp³-hybridized carbons (Fsp3) is 0.349. The van der Waals surface area contributed by atoms with E-state index in [2.05, 4.69) is 26.0 Å². The van der Waals surface area contributed by atoms with Gasteiger partial charge in [-0.3, -0.25) is 19.2 Å². The Morgan fingerprint density at radius 1 is 0.617 bits per heavy atom. The highest BCUT2D eigenvalue weighted by atomic mass is 35.5. The van der Waals surface area contributed by atoms with E-state index in [4.69, 9.17) is 44.3 Å². The molecule has 0 atom stereocenters. The summed E-state index contributed by atoms with van der Waals surface area (Å²) in [5, 5.41) is 12.2. The molecule has 2 saturated carbocycles. The number of alkyl halides is 3. The van der Waals surface area contributed by atoms with Crippen LogP contribution in [-0.4, -0.2) is 36.8 Å². The molecule has 2 aliphatic rings. The highest BCUT2D eigenvalue weighted by molar-refractivity contribution is 6.37. The van der Waals surface area contributed by atoms with Crippen LogP contribution in [0.1, 0.15) is 66.3 Å². The number of esters is 2. The minimum Gasteiger partial charge on any atom is -0.488 e. The fourth-order valence-corrected chi connectivity index (χ4v) is 7.10. The van der Waals surface area contributed by atoms with E-state index >= 15 is 0 Å². The van der Waals surface area contributed by atoms with Crippen molar-refractivity contribution in [2.75, 3.05) is 34.4 Å². The smallest absolute Gasteiger partial charge is 0.416 e. The number of hydrogen-bond donors (Lipinski definition) is 4. The first-order chi connectivity index (χ1) is 28.5. The highest BCUT2D eigenvalue weighted by Crippen LogP contribution is 2.38. The summed E-state index contributed by atoms with van der Waals surface area (Å²) in [7, 11) is 0. The fourth-order valence-electron chi connectivity index (χ4n) is 6.25. The molecule has 0 unspecified atom stereocenters. The molecular formula is C43H42Cl3F3N4O7. The molecular weight excluding hydrogens is 848 g/mol. The summed E-state index contributed by atoms with van der Waals surface area (Å²) in [5.74, 6) is -2.30. The summed E-state index contributed by atoms with van der Waals surface area (Å²) in [6, 6.07) is 15.2. The van der Waals surface area contributed by atoms with Crippen LogP contribution in [0.15, 0.2) is 60.7 Å². The lowest BCUT2D eigenvalue weighted by atomic mass is 10.1. The number of anilines is 4. The van der Waals surface area contributed by atoms with Crippen molar-refractivity contribution in [3.05, 3.63) is 104 Å². The molecule has 0 heterocycles. The van der Waals surface area contributed by atoms with E-state index in [9.17, 15) is 32.3 Å². The molecule has 6 rings (SSSR count). The van der Waals surface area contributed by atoms with E-state index in [0.29, 0.717) is 57.2 Å². The van der Waals surface area contributed by atoms with Crippen LogP contribution < -0.4 is 30.7 Å². The number of amides is 2. The number of aryl methyl sites for hydroxylation is 2. The van der Waals surface area contributed by atoms with Crippen molar-refractivity contribution in [3.63, 3.8) is 0 Å². The summed E-state index contributed by atoms with van der Waals surface area (Å²) in [6.45, 7) is 4.83. The highest BCUT2D eigenvalue weighted by Gasteiger charge is 2.32. The maximum Gasteiger partial charge on any atom is 0.416 e. The number of halogens is 6. The molecule has 4 aromatic carbocycles. The maximum absolute atomic E-state index is 13.6. The van der Waals surface area contributed by atoms with Crippen LogP contribution in [0.4, 0.5) is 35.9 Å². The monoisotopic (exact) mass is 888 g/mol. The summed E-state index contributed by atoms with van der Waals surface area (Å²) >= 11 is 19.1. The van der Waals surface area contributed by atoms with Gasteiger partial charge in [0.25, 0.3) is 0 Å². The zero-order valence-corrected chi connectivity index (χ0v) is 34.9. The Balaban J connectivity index is 0.948. The Kier molecular flexibility index (Phi) is 14.4. The Labute approximate surface area is 359 Å². The standard InChI is InChI=1S/C43H42Cl3F3N4O7/c1-23-7-33(8-24(2)41(23)58-21-27-9-29(43(47,48)49)13-31(11-27)50-19-25-3-4-25)52-37(54)17-39(56)60-40(57)18-38(55)53-34-15-35(45)42(36(46)16-34)59-22-28-10-30(44)14-32(12-28)51-20-26-5-6-26/h7-16,25-26,50-51H,3-6,17-22H2,1-2H3,(H,52,54)(H,53,55). The molecule has 0 bridgehead atoms. The Morgan fingerprint density at radius 2 is 1.08 bits per heavy atom. The van der Waals surface area contributed by atoms with Crippen molar-refractivity contribution in [2.45, 2.75) is 71.8 Å². The van der Waals surface area contributed by atoms with Crippen molar-refractivity contribution in [2.24, 2.45) is 11.8 Å². The van der Waals surface area contributed by atoms with Gasteiger partial charge in [-0.25, -0.2) is 0 Å². The first-order valence-electron chi connectivity index (χ1n) is 19.1. The Hall–Kier alpha value is -5.18. The van der Waals surface area contributed by atoms with Gasteiger partial charge in [-0.15, -0.1) is 0 Å². The van der Waals surface area contributed by atoms with Gasteiger partial charge in [0, 0.05) is 40.9 Å². The Morgan fingerprint density at radius 3 is 1.58 bits per heavy atom. The van der Waals surface area contributed by atoms with Crippen molar-refractivity contribution in [3.8, 4) is 11.5 Å². The van der Waals surface area contributed by atoms with Crippen LogP contribution in [0.25, 0.3) is 0 Å². The van der Waals surface area contributed by atoms with E-state index in [1.54, 1.807) is 38.1 Å². The summed E-state index contributed by atoms with van der Waals surface area (Å²) in [4.78, 5) is 50.0. The van der Waals surface area contributed by atoms with Gasteiger partial charge in [-0.1, -0.05) is 34.8 Å². The molecule has 0 spiro atoms. The van der Waals surface area contributed by atoms with E-state index in [1.807, 2.05) is 12.1 Å². The summed E-state index contributed by atoms with van der Waals surface area (Å²) < 4.78 is 57.3. The molecule has 11 nitrogen and oxygen atoms in total. The average molecular weight is 890 g/mol.